The highest BCUT2D eigenvalue weighted by Gasteiger charge is 2.20. The minimum atomic E-state index is -0.749. The molecular formula is C23H27N3O5. The molecule has 3 amide bonds. The van der Waals surface area contributed by atoms with Crippen LogP contribution in [-0.4, -0.2) is 66.8 Å². The van der Waals surface area contributed by atoms with Crippen LogP contribution in [0.15, 0.2) is 54.6 Å². The van der Waals surface area contributed by atoms with E-state index in [9.17, 15) is 19.2 Å². The highest BCUT2D eigenvalue weighted by atomic mass is 16.5. The van der Waals surface area contributed by atoms with E-state index in [1.165, 1.54) is 18.0 Å². The molecule has 0 aliphatic rings. The Morgan fingerprint density at radius 2 is 1.48 bits per heavy atom. The van der Waals surface area contributed by atoms with Gasteiger partial charge < -0.3 is 19.9 Å². The van der Waals surface area contributed by atoms with E-state index in [-0.39, 0.29) is 29.6 Å². The number of benzene rings is 2. The lowest BCUT2D eigenvalue weighted by Crippen LogP contribution is -2.42. The average molecular weight is 425 g/mol. The van der Waals surface area contributed by atoms with Gasteiger partial charge in [0.1, 0.15) is 0 Å². The lowest BCUT2D eigenvalue weighted by molar-refractivity contribution is -0.140. The Hall–Kier alpha value is -3.68. The fourth-order valence-corrected chi connectivity index (χ4v) is 2.84. The predicted molar refractivity (Wildman–Crippen MR) is 117 cm³/mol. The maximum atomic E-state index is 12.5. The van der Waals surface area contributed by atoms with Crippen molar-refractivity contribution in [3.05, 3.63) is 65.7 Å². The molecule has 0 unspecified atom stereocenters. The molecule has 2 aromatic rings. The lowest BCUT2D eigenvalue weighted by atomic mass is 10.1. The number of nitrogens with zero attached hydrogens (tertiary/aromatic N) is 2. The smallest absolute Gasteiger partial charge is 0.340 e. The zero-order chi connectivity index (χ0) is 22.8. The number of carbonyl (C=O) groups is 4. The second-order valence-electron chi connectivity index (χ2n) is 6.76. The molecule has 2 aromatic carbocycles. The summed E-state index contributed by atoms with van der Waals surface area (Å²) in [5.41, 5.74) is 0.848. The van der Waals surface area contributed by atoms with Gasteiger partial charge in [-0.3, -0.25) is 14.4 Å². The van der Waals surface area contributed by atoms with Crippen LogP contribution in [0, 0.1) is 0 Å². The third-order valence-electron chi connectivity index (χ3n) is 4.67. The van der Waals surface area contributed by atoms with E-state index in [2.05, 4.69) is 5.32 Å². The maximum absolute atomic E-state index is 12.5. The predicted octanol–water partition coefficient (Wildman–Crippen LogP) is 2.42. The summed E-state index contributed by atoms with van der Waals surface area (Å²) in [7, 11) is 1.48. The highest BCUT2D eigenvalue weighted by Crippen LogP contribution is 2.17. The van der Waals surface area contributed by atoms with Crippen molar-refractivity contribution in [1.82, 2.24) is 9.80 Å². The van der Waals surface area contributed by atoms with Crippen molar-refractivity contribution < 1.29 is 23.9 Å². The number of likely N-dealkylation sites (N-methyl/N-ethyl adjacent to an activating group) is 2. The van der Waals surface area contributed by atoms with E-state index in [1.807, 2.05) is 13.8 Å². The Bertz CT molecular complexity index is 926. The van der Waals surface area contributed by atoms with Crippen LogP contribution in [0.2, 0.25) is 0 Å². The fourth-order valence-electron chi connectivity index (χ4n) is 2.84. The standard InChI is InChI=1S/C23H27N3O5/c1-4-26(5-2)20(27)15-25(3)21(28)16-31-23(30)18-13-9-10-14-19(18)24-22(29)17-11-7-6-8-12-17/h6-14H,4-5,15-16H2,1-3H3,(H,24,29). The third kappa shape index (κ3) is 6.67. The molecule has 0 aliphatic heterocycles. The van der Waals surface area contributed by atoms with Gasteiger partial charge in [0, 0.05) is 25.7 Å². The molecule has 0 atom stereocenters. The summed E-state index contributed by atoms with van der Waals surface area (Å²) < 4.78 is 5.13. The molecule has 0 bridgehead atoms. The Morgan fingerprint density at radius 1 is 0.871 bits per heavy atom. The van der Waals surface area contributed by atoms with Crippen LogP contribution in [0.4, 0.5) is 5.69 Å². The van der Waals surface area contributed by atoms with E-state index < -0.39 is 18.5 Å². The molecule has 0 spiro atoms. The number of anilines is 1. The quantitative estimate of drug-likeness (QED) is 0.623. The van der Waals surface area contributed by atoms with Crippen LogP contribution in [0.25, 0.3) is 0 Å². The summed E-state index contributed by atoms with van der Waals surface area (Å²) in [5.74, 6) is -1.80. The summed E-state index contributed by atoms with van der Waals surface area (Å²) in [6.45, 7) is 4.22. The van der Waals surface area contributed by atoms with Crippen molar-refractivity contribution in [2.45, 2.75) is 13.8 Å². The third-order valence-corrected chi connectivity index (χ3v) is 4.67. The first-order valence-electron chi connectivity index (χ1n) is 10.0. The van der Waals surface area contributed by atoms with Gasteiger partial charge in [-0.05, 0) is 38.1 Å². The van der Waals surface area contributed by atoms with Gasteiger partial charge in [0.05, 0.1) is 17.8 Å². The molecule has 0 heterocycles. The summed E-state index contributed by atoms with van der Waals surface area (Å²) in [4.78, 5) is 52.1. The van der Waals surface area contributed by atoms with Crippen molar-refractivity contribution >= 4 is 29.4 Å². The molecule has 0 saturated carbocycles. The van der Waals surface area contributed by atoms with E-state index in [0.29, 0.717) is 18.7 Å². The Labute approximate surface area is 181 Å². The normalized spacial score (nSPS) is 10.2. The van der Waals surface area contributed by atoms with E-state index in [1.54, 1.807) is 53.4 Å². The summed E-state index contributed by atoms with van der Waals surface area (Å²) in [6, 6.07) is 15.0. The van der Waals surface area contributed by atoms with E-state index in [4.69, 9.17) is 4.74 Å². The number of amides is 3. The van der Waals surface area contributed by atoms with Gasteiger partial charge in [-0.1, -0.05) is 30.3 Å². The van der Waals surface area contributed by atoms with Crippen LogP contribution in [0.3, 0.4) is 0 Å². The van der Waals surface area contributed by atoms with Gasteiger partial charge in [-0.25, -0.2) is 4.79 Å². The molecule has 0 saturated heterocycles. The van der Waals surface area contributed by atoms with Gasteiger partial charge in [-0.15, -0.1) is 0 Å². The van der Waals surface area contributed by atoms with Crippen molar-refractivity contribution in [2.75, 3.05) is 38.6 Å². The molecule has 164 valence electrons. The molecular weight excluding hydrogens is 398 g/mol. The topological polar surface area (TPSA) is 96.0 Å². The Kier molecular flexibility index (Phi) is 8.75. The van der Waals surface area contributed by atoms with Crippen molar-refractivity contribution in [1.29, 1.82) is 0 Å². The second-order valence-corrected chi connectivity index (χ2v) is 6.76. The number of nitrogens with one attached hydrogen (secondary N) is 1. The zero-order valence-electron chi connectivity index (χ0n) is 18.0. The van der Waals surface area contributed by atoms with Crippen molar-refractivity contribution in [2.24, 2.45) is 0 Å². The molecule has 8 nitrogen and oxygen atoms in total. The summed E-state index contributed by atoms with van der Waals surface area (Å²) >= 11 is 0. The number of hydrogen-bond donors (Lipinski definition) is 1. The Balaban J connectivity index is 1.97. The number of esters is 1. The molecule has 0 aromatic heterocycles. The summed E-state index contributed by atoms with van der Waals surface area (Å²) in [5, 5.41) is 2.68. The van der Waals surface area contributed by atoms with Crippen LogP contribution in [-0.2, 0) is 14.3 Å². The number of rotatable bonds is 9. The summed E-state index contributed by atoms with van der Waals surface area (Å²) in [6.07, 6.45) is 0. The SMILES string of the molecule is CCN(CC)C(=O)CN(C)C(=O)COC(=O)c1ccccc1NC(=O)c1ccccc1. The van der Waals surface area contributed by atoms with Gasteiger partial charge in [0.25, 0.3) is 11.8 Å². The minimum absolute atomic E-state index is 0.0955. The first-order valence-corrected chi connectivity index (χ1v) is 10.0. The highest BCUT2D eigenvalue weighted by molar-refractivity contribution is 6.08. The van der Waals surface area contributed by atoms with Crippen molar-refractivity contribution in [3.8, 4) is 0 Å². The second kappa shape index (κ2) is 11.5. The molecule has 0 aliphatic carbocycles. The van der Waals surface area contributed by atoms with Gasteiger partial charge >= 0.3 is 5.97 Å². The van der Waals surface area contributed by atoms with Crippen LogP contribution in [0.5, 0.6) is 0 Å². The first kappa shape index (κ1) is 23.6. The van der Waals surface area contributed by atoms with Crippen LogP contribution in [0.1, 0.15) is 34.6 Å². The lowest BCUT2D eigenvalue weighted by Gasteiger charge is -2.23. The number of hydrogen-bond acceptors (Lipinski definition) is 5. The largest absolute Gasteiger partial charge is 0.452 e. The first-order chi connectivity index (χ1) is 14.9. The molecule has 0 fully saturated rings. The maximum Gasteiger partial charge on any atom is 0.340 e. The Morgan fingerprint density at radius 3 is 2.13 bits per heavy atom. The molecule has 1 N–H and O–H groups in total. The van der Waals surface area contributed by atoms with E-state index >= 15 is 0 Å². The minimum Gasteiger partial charge on any atom is -0.452 e. The molecule has 8 heteroatoms. The fraction of sp³-hybridized carbons (Fsp3) is 0.304. The van der Waals surface area contributed by atoms with Crippen LogP contribution < -0.4 is 5.32 Å². The van der Waals surface area contributed by atoms with Gasteiger partial charge in [-0.2, -0.15) is 0 Å². The zero-order valence-corrected chi connectivity index (χ0v) is 18.0. The molecule has 2 rings (SSSR count). The van der Waals surface area contributed by atoms with Gasteiger partial charge in [0.2, 0.25) is 5.91 Å². The average Bonchev–Trinajstić information content (AvgIpc) is 2.78. The van der Waals surface area contributed by atoms with Crippen molar-refractivity contribution in [3.63, 3.8) is 0 Å². The monoisotopic (exact) mass is 425 g/mol. The van der Waals surface area contributed by atoms with E-state index in [0.717, 1.165) is 0 Å². The number of carbonyl (C=O) groups excluding carboxylic acids is 4. The van der Waals surface area contributed by atoms with Gasteiger partial charge in [0.15, 0.2) is 6.61 Å². The molecule has 31 heavy (non-hydrogen) atoms. The number of ether oxygens (including phenoxy) is 1. The van der Waals surface area contributed by atoms with Crippen LogP contribution >= 0.6 is 0 Å². The number of para-hydroxylation sites is 1. The molecule has 0 radical (unpaired) electrons.